The number of nitrogens with one attached hydrogen (secondary N) is 1. The summed E-state index contributed by atoms with van der Waals surface area (Å²) in [5, 5.41) is 12.2. The van der Waals surface area contributed by atoms with Gasteiger partial charge in [0.2, 0.25) is 0 Å². The van der Waals surface area contributed by atoms with Crippen LogP contribution in [0.1, 0.15) is 41.5 Å². The fourth-order valence-corrected chi connectivity index (χ4v) is 1.93. The molecular formula is C11H14N2O2. The number of nitrogens with zero attached hydrogens (tertiary/aromatic N) is 1. The quantitative estimate of drug-likeness (QED) is 0.771. The molecule has 80 valence electrons. The SMILES string of the molecule is CC(C)[C@@H]1NCc2cc(C(=O)O)cnc21. The summed E-state index contributed by atoms with van der Waals surface area (Å²) in [6.07, 6.45) is 1.43. The first-order valence-corrected chi connectivity index (χ1v) is 5.05. The maximum atomic E-state index is 10.8. The lowest BCUT2D eigenvalue weighted by atomic mass is 10.0. The van der Waals surface area contributed by atoms with Gasteiger partial charge in [-0.2, -0.15) is 0 Å². The molecule has 2 N–H and O–H groups in total. The molecule has 0 aromatic carbocycles. The molecule has 1 aromatic heterocycles. The van der Waals surface area contributed by atoms with Crippen LogP contribution in [0.4, 0.5) is 0 Å². The summed E-state index contributed by atoms with van der Waals surface area (Å²) in [6, 6.07) is 1.96. The molecule has 4 heteroatoms. The lowest BCUT2D eigenvalue weighted by Gasteiger charge is -2.14. The van der Waals surface area contributed by atoms with E-state index in [-0.39, 0.29) is 11.6 Å². The van der Waals surface area contributed by atoms with E-state index in [0.29, 0.717) is 12.5 Å². The van der Waals surface area contributed by atoms with Gasteiger partial charge in [-0.3, -0.25) is 4.98 Å². The molecule has 1 aliphatic heterocycles. The maximum absolute atomic E-state index is 10.8. The van der Waals surface area contributed by atoms with E-state index >= 15 is 0 Å². The molecule has 0 spiro atoms. The smallest absolute Gasteiger partial charge is 0.337 e. The summed E-state index contributed by atoms with van der Waals surface area (Å²) in [5.74, 6) is -0.451. The van der Waals surface area contributed by atoms with E-state index in [1.54, 1.807) is 6.07 Å². The van der Waals surface area contributed by atoms with Gasteiger partial charge in [0.15, 0.2) is 0 Å². The zero-order valence-corrected chi connectivity index (χ0v) is 8.82. The van der Waals surface area contributed by atoms with Crippen molar-refractivity contribution in [3.63, 3.8) is 0 Å². The third-order valence-electron chi connectivity index (χ3n) is 2.72. The largest absolute Gasteiger partial charge is 0.478 e. The zero-order chi connectivity index (χ0) is 11.0. The molecule has 0 amide bonds. The van der Waals surface area contributed by atoms with Crippen LogP contribution in [0.3, 0.4) is 0 Å². The van der Waals surface area contributed by atoms with Crippen LogP contribution in [0.2, 0.25) is 0 Å². The van der Waals surface area contributed by atoms with Crippen LogP contribution in [0.15, 0.2) is 12.3 Å². The van der Waals surface area contributed by atoms with Gasteiger partial charge in [0.25, 0.3) is 0 Å². The third-order valence-corrected chi connectivity index (χ3v) is 2.72. The van der Waals surface area contributed by atoms with Gasteiger partial charge in [-0.15, -0.1) is 0 Å². The fourth-order valence-electron chi connectivity index (χ4n) is 1.93. The molecule has 0 saturated carbocycles. The Bertz CT molecular complexity index is 402. The molecule has 0 fully saturated rings. The van der Waals surface area contributed by atoms with Gasteiger partial charge in [-0.1, -0.05) is 13.8 Å². The number of rotatable bonds is 2. The van der Waals surface area contributed by atoms with Crippen molar-refractivity contribution in [3.8, 4) is 0 Å². The second-order valence-electron chi connectivity index (χ2n) is 4.18. The minimum atomic E-state index is -0.918. The second-order valence-corrected chi connectivity index (χ2v) is 4.18. The maximum Gasteiger partial charge on any atom is 0.337 e. The highest BCUT2D eigenvalue weighted by Gasteiger charge is 2.26. The molecule has 2 heterocycles. The molecule has 0 radical (unpaired) electrons. The number of fused-ring (bicyclic) bond motifs is 1. The van der Waals surface area contributed by atoms with Gasteiger partial charge >= 0.3 is 5.97 Å². The molecule has 0 saturated heterocycles. The Morgan fingerprint density at radius 3 is 3.00 bits per heavy atom. The molecule has 1 aliphatic rings. The average Bonchev–Trinajstić information content (AvgIpc) is 2.59. The van der Waals surface area contributed by atoms with Crippen LogP contribution in [-0.4, -0.2) is 16.1 Å². The summed E-state index contributed by atoms with van der Waals surface area (Å²) in [4.78, 5) is 15.0. The van der Waals surface area contributed by atoms with Crippen LogP contribution in [0.25, 0.3) is 0 Å². The van der Waals surface area contributed by atoms with Gasteiger partial charge in [-0.25, -0.2) is 4.79 Å². The second kappa shape index (κ2) is 3.62. The van der Waals surface area contributed by atoms with Gasteiger partial charge in [0, 0.05) is 12.7 Å². The number of carboxylic acids is 1. The van der Waals surface area contributed by atoms with Gasteiger partial charge in [0.05, 0.1) is 17.3 Å². The number of aromatic carboxylic acids is 1. The molecule has 1 atom stereocenters. The van der Waals surface area contributed by atoms with E-state index in [1.165, 1.54) is 6.20 Å². The summed E-state index contributed by atoms with van der Waals surface area (Å²) in [6.45, 7) is 4.96. The third kappa shape index (κ3) is 1.72. The van der Waals surface area contributed by atoms with Crippen LogP contribution in [0, 0.1) is 5.92 Å². The lowest BCUT2D eigenvalue weighted by molar-refractivity contribution is 0.0696. The number of aromatic nitrogens is 1. The first kappa shape index (κ1) is 10.1. The molecule has 2 rings (SSSR count). The summed E-state index contributed by atoms with van der Waals surface area (Å²) in [5.41, 5.74) is 2.27. The summed E-state index contributed by atoms with van der Waals surface area (Å²) in [7, 11) is 0. The number of carbonyl (C=O) groups is 1. The van der Waals surface area contributed by atoms with Gasteiger partial charge in [-0.05, 0) is 17.5 Å². The molecule has 0 unspecified atom stereocenters. The normalized spacial score (nSPS) is 19.3. The minimum absolute atomic E-state index is 0.253. The van der Waals surface area contributed by atoms with Crippen LogP contribution < -0.4 is 5.32 Å². The standard InChI is InChI=1S/C11H14N2O2/c1-6(2)9-10-7(4-12-9)3-8(5-13-10)11(14)15/h3,5-6,9,12H,4H2,1-2H3,(H,14,15)/t9-/m0/s1. The number of hydrogen-bond acceptors (Lipinski definition) is 3. The van der Waals surface area contributed by atoms with Crippen LogP contribution in [0.5, 0.6) is 0 Å². The molecule has 4 nitrogen and oxygen atoms in total. The summed E-state index contributed by atoms with van der Waals surface area (Å²) < 4.78 is 0. The van der Waals surface area contributed by atoms with Gasteiger partial charge in [0.1, 0.15) is 0 Å². The fraction of sp³-hybridized carbons (Fsp3) is 0.455. The van der Waals surface area contributed by atoms with Crippen LogP contribution >= 0.6 is 0 Å². The van der Waals surface area contributed by atoms with Crippen molar-refractivity contribution in [3.05, 3.63) is 29.1 Å². The van der Waals surface area contributed by atoms with Crippen molar-refractivity contribution in [2.24, 2.45) is 5.92 Å². The first-order chi connectivity index (χ1) is 7.09. The lowest BCUT2D eigenvalue weighted by Crippen LogP contribution is -2.18. The van der Waals surface area contributed by atoms with E-state index in [9.17, 15) is 4.79 Å². The van der Waals surface area contributed by atoms with Crippen molar-refractivity contribution in [2.45, 2.75) is 26.4 Å². The van der Waals surface area contributed by atoms with Gasteiger partial charge < -0.3 is 10.4 Å². The van der Waals surface area contributed by atoms with Crippen molar-refractivity contribution >= 4 is 5.97 Å². The Morgan fingerprint density at radius 1 is 1.67 bits per heavy atom. The van der Waals surface area contributed by atoms with E-state index in [1.807, 2.05) is 0 Å². The monoisotopic (exact) mass is 206 g/mol. The van der Waals surface area contributed by atoms with E-state index in [2.05, 4.69) is 24.1 Å². The molecule has 0 bridgehead atoms. The average molecular weight is 206 g/mol. The Morgan fingerprint density at radius 2 is 2.40 bits per heavy atom. The molecule has 0 aliphatic carbocycles. The number of hydrogen-bond donors (Lipinski definition) is 2. The molecule has 15 heavy (non-hydrogen) atoms. The highest BCUT2D eigenvalue weighted by atomic mass is 16.4. The molecular weight excluding hydrogens is 192 g/mol. The van der Waals surface area contributed by atoms with Crippen molar-refractivity contribution in [2.75, 3.05) is 0 Å². The number of pyridine rings is 1. The summed E-state index contributed by atoms with van der Waals surface area (Å²) >= 11 is 0. The Labute approximate surface area is 88.3 Å². The van der Waals surface area contributed by atoms with Crippen molar-refractivity contribution < 1.29 is 9.90 Å². The number of carboxylic acid groups (broad SMARTS) is 1. The Balaban J connectivity index is 2.37. The van der Waals surface area contributed by atoms with Crippen molar-refractivity contribution in [1.82, 2.24) is 10.3 Å². The highest BCUT2D eigenvalue weighted by molar-refractivity contribution is 5.87. The van der Waals surface area contributed by atoms with E-state index in [4.69, 9.17) is 5.11 Å². The predicted molar refractivity (Wildman–Crippen MR) is 55.6 cm³/mol. The molecule has 1 aromatic rings. The Hall–Kier alpha value is -1.42. The Kier molecular flexibility index (Phi) is 2.44. The first-order valence-electron chi connectivity index (χ1n) is 5.05. The minimum Gasteiger partial charge on any atom is -0.478 e. The highest BCUT2D eigenvalue weighted by Crippen LogP contribution is 2.29. The van der Waals surface area contributed by atoms with E-state index < -0.39 is 5.97 Å². The zero-order valence-electron chi connectivity index (χ0n) is 8.82. The van der Waals surface area contributed by atoms with Crippen molar-refractivity contribution in [1.29, 1.82) is 0 Å². The van der Waals surface area contributed by atoms with Crippen LogP contribution in [-0.2, 0) is 6.54 Å². The predicted octanol–water partition coefficient (Wildman–Crippen LogP) is 1.58. The van der Waals surface area contributed by atoms with E-state index in [0.717, 1.165) is 11.3 Å². The topological polar surface area (TPSA) is 62.2 Å².